The molecule has 0 aliphatic carbocycles. The van der Waals surface area contributed by atoms with Crippen molar-refractivity contribution in [3.63, 3.8) is 0 Å². The predicted octanol–water partition coefficient (Wildman–Crippen LogP) is 1.82. The normalized spacial score (nSPS) is 11.1. The van der Waals surface area contributed by atoms with Gasteiger partial charge in [-0.25, -0.2) is 4.98 Å². The van der Waals surface area contributed by atoms with Gasteiger partial charge in [0.05, 0.1) is 18.5 Å². The molecule has 0 bridgehead atoms. The third-order valence-corrected chi connectivity index (χ3v) is 3.28. The van der Waals surface area contributed by atoms with Crippen LogP contribution < -0.4 is 5.56 Å². The maximum atomic E-state index is 12.0. The van der Waals surface area contributed by atoms with Gasteiger partial charge in [-0.15, -0.1) is 0 Å². The van der Waals surface area contributed by atoms with Crippen LogP contribution >= 0.6 is 0 Å². The Labute approximate surface area is 121 Å². The number of ether oxygens (including phenoxy) is 1. The molecule has 6 nitrogen and oxygen atoms in total. The summed E-state index contributed by atoms with van der Waals surface area (Å²) in [5.74, 6) is 0. The molecule has 0 radical (unpaired) electrons. The van der Waals surface area contributed by atoms with Crippen LogP contribution in [0.4, 0.5) is 0 Å². The highest BCUT2D eigenvalue weighted by atomic mass is 16.5. The maximum Gasteiger partial charge on any atom is 0.273 e. The molecule has 3 rings (SSSR count). The highest BCUT2D eigenvalue weighted by molar-refractivity contribution is 5.80. The summed E-state index contributed by atoms with van der Waals surface area (Å²) in [5, 5.41) is 3.38. The molecular weight excluding hydrogens is 268 g/mol. The Morgan fingerprint density at radius 3 is 2.86 bits per heavy atom. The average Bonchev–Trinajstić information content (AvgIpc) is 2.84. The van der Waals surface area contributed by atoms with Gasteiger partial charge in [-0.2, -0.15) is 0 Å². The summed E-state index contributed by atoms with van der Waals surface area (Å²) >= 11 is 0. The highest BCUT2D eigenvalue weighted by Crippen LogP contribution is 2.20. The molecule has 3 heterocycles. The van der Waals surface area contributed by atoms with Crippen molar-refractivity contribution in [3.05, 3.63) is 47.1 Å². The van der Waals surface area contributed by atoms with Gasteiger partial charge < -0.3 is 4.74 Å². The number of hydrogen-bond acceptors (Lipinski definition) is 4. The second kappa shape index (κ2) is 5.88. The minimum Gasteiger partial charge on any atom is -0.380 e. The minimum atomic E-state index is -0.134. The fourth-order valence-electron chi connectivity index (χ4n) is 2.24. The van der Waals surface area contributed by atoms with Crippen molar-refractivity contribution in [2.24, 2.45) is 0 Å². The second-order valence-corrected chi connectivity index (χ2v) is 4.62. The molecule has 0 aliphatic heterocycles. The average molecular weight is 284 g/mol. The van der Waals surface area contributed by atoms with Crippen LogP contribution in [0.1, 0.15) is 6.92 Å². The van der Waals surface area contributed by atoms with Crippen LogP contribution in [0.15, 0.2) is 41.6 Å². The van der Waals surface area contributed by atoms with Gasteiger partial charge in [-0.3, -0.25) is 19.6 Å². The summed E-state index contributed by atoms with van der Waals surface area (Å²) in [6, 6.07) is 5.64. The Morgan fingerprint density at radius 1 is 1.29 bits per heavy atom. The fraction of sp³-hybridized carbons (Fsp3) is 0.267. The van der Waals surface area contributed by atoms with Crippen molar-refractivity contribution in [2.75, 3.05) is 13.2 Å². The lowest BCUT2D eigenvalue weighted by Crippen LogP contribution is -2.10. The van der Waals surface area contributed by atoms with Crippen LogP contribution in [0, 0.1) is 0 Å². The van der Waals surface area contributed by atoms with Crippen molar-refractivity contribution >= 4 is 11.0 Å². The number of nitrogens with zero attached hydrogens (tertiary/aromatic N) is 3. The first-order valence-corrected chi connectivity index (χ1v) is 6.86. The third kappa shape index (κ3) is 2.71. The molecule has 0 saturated carbocycles. The van der Waals surface area contributed by atoms with Crippen LogP contribution in [-0.2, 0) is 11.3 Å². The van der Waals surface area contributed by atoms with Crippen LogP contribution in [-0.4, -0.2) is 33.0 Å². The van der Waals surface area contributed by atoms with E-state index in [9.17, 15) is 4.79 Å². The van der Waals surface area contributed by atoms with Gasteiger partial charge in [0.15, 0.2) is 5.65 Å². The van der Waals surface area contributed by atoms with Crippen molar-refractivity contribution in [1.29, 1.82) is 0 Å². The Morgan fingerprint density at radius 2 is 2.10 bits per heavy atom. The van der Waals surface area contributed by atoms with Gasteiger partial charge >= 0.3 is 0 Å². The van der Waals surface area contributed by atoms with E-state index in [0.717, 1.165) is 11.1 Å². The molecular formula is C15H16N4O2. The third-order valence-electron chi connectivity index (χ3n) is 3.28. The van der Waals surface area contributed by atoms with Crippen LogP contribution in [0.3, 0.4) is 0 Å². The molecule has 0 aliphatic rings. The molecule has 0 aromatic carbocycles. The monoisotopic (exact) mass is 284 g/mol. The van der Waals surface area contributed by atoms with E-state index in [-0.39, 0.29) is 5.56 Å². The van der Waals surface area contributed by atoms with E-state index < -0.39 is 0 Å². The number of pyridine rings is 2. The Kier molecular flexibility index (Phi) is 3.79. The van der Waals surface area contributed by atoms with E-state index in [1.54, 1.807) is 23.3 Å². The van der Waals surface area contributed by atoms with Crippen molar-refractivity contribution in [3.8, 4) is 11.1 Å². The molecule has 0 spiro atoms. The standard InChI is InChI=1S/C15H16N4O2/c1-2-21-8-7-19-14-13(15(20)18-19)9-12(10-17-14)11-3-5-16-6-4-11/h3-6,9-10H,2,7-8H2,1H3,(H,18,20). The predicted molar refractivity (Wildman–Crippen MR) is 80.1 cm³/mol. The lowest BCUT2D eigenvalue weighted by atomic mass is 10.1. The number of nitrogens with one attached hydrogen (secondary N) is 1. The van der Waals surface area contributed by atoms with Crippen LogP contribution in [0.5, 0.6) is 0 Å². The lowest BCUT2D eigenvalue weighted by molar-refractivity contribution is 0.137. The molecule has 6 heteroatoms. The molecule has 1 N–H and O–H groups in total. The van der Waals surface area contributed by atoms with Gasteiger partial charge in [0, 0.05) is 30.8 Å². The number of fused-ring (bicyclic) bond motifs is 1. The van der Waals surface area contributed by atoms with Gasteiger partial charge in [0.1, 0.15) is 0 Å². The fourth-order valence-corrected chi connectivity index (χ4v) is 2.24. The molecule has 108 valence electrons. The number of hydrogen-bond donors (Lipinski definition) is 1. The van der Waals surface area contributed by atoms with E-state index in [4.69, 9.17) is 4.74 Å². The zero-order valence-electron chi connectivity index (χ0n) is 11.7. The Bertz CT molecular complexity index is 792. The number of aromatic nitrogens is 4. The summed E-state index contributed by atoms with van der Waals surface area (Å²) in [5.41, 5.74) is 2.40. The van der Waals surface area contributed by atoms with Crippen molar-refractivity contribution < 1.29 is 4.74 Å². The molecule has 3 aromatic rings. The zero-order chi connectivity index (χ0) is 14.7. The lowest BCUT2D eigenvalue weighted by Gasteiger charge is -2.04. The first kappa shape index (κ1) is 13.5. The largest absolute Gasteiger partial charge is 0.380 e. The molecule has 0 amide bonds. The SMILES string of the molecule is CCOCCn1[nH]c(=O)c2cc(-c3ccncc3)cnc21. The smallest absolute Gasteiger partial charge is 0.273 e. The molecule has 21 heavy (non-hydrogen) atoms. The summed E-state index contributed by atoms with van der Waals surface area (Å²) in [6.07, 6.45) is 5.20. The topological polar surface area (TPSA) is 72.8 Å². The van der Waals surface area contributed by atoms with E-state index in [1.165, 1.54) is 0 Å². The quantitative estimate of drug-likeness (QED) is 0.725. The first-order chi connectivity index (χ1) is 10.3. The van der Waals surface area contributed by atoms with E-state index in [0.29, 0.717) is 30.8 Å². The van der Waals surface area contributed by atoms with Gasteiger partial charge in [0.2, 0.25) is 0 Å². The second-order valence-electron chi connectivity index (χ2n) is 4.62. The Hall–Kier alpha value is -2.47. The highest BCUT2D eigenvalue weighted by Gasteiger charge is 2.09. The Balaban J connectivity index is 1.99. The molecule has 0 saturated heterocycles. The van der Waals surface area contributed by atoms with Crippen LogP contribution in [0.2, 0.25) is 0 Å². The minimum absolute atomic E-state index is 0.134. The molecule has 0 fully saturated rings. The van der Waals surface area contributed by atoms with E-state index >= 15 is 0 Å². The molecule has 3 aromatic heterocycles. The van der Waals surface area contributed by atoms with E-state index in [2.05, 4.69) is 15.1 Å². The van der Waals surface area contributed by atoms with Gasteiger partial charge in [0.25, 0.3) is 5.56 Å². The summed E-state index contributed by atoms with van der Waals surface area (Å²) in [4.78, 5) is 20.4. The van der Waals surface area contributed by atoms with E-state index in [1.807, 2.05) is 25.1 Å². The molecule has 0 atom stereocenters. The summed E-state index contributed by atoms with van der Waals surface area (Å²) < 4.78 is 7.04. The first-order valence-electron chi connectivity index (χ1n) is 6.86. The van der Waals surface area contributed by atoms with Gasteiger partial charge in [-0.1, -0.05) is 0 Å². The maximum absolute atomic E-state index is 12.0. The molecule has 0 unspecified atom stereocenters. The van der Waals surface area contributed by atoms with Crippen molar-refractivity contribution in [2.45, 2.75) is 13.5 Å². The number of H-pyrrole nitrogens is 1. The zero-order valence-corrected chi connectivity index (χ0v) is 11.7. The summed E-state index contributed by atoms with van der Waals surface area (Å²) in [6.45, 7) is 3.72. The number of rotatable bonds is 5. The van der Waals surface area contributed by atoms with Crippen molar-refractivity contribution in [1.82, 2.24) is 19.7 Å². The van der Waals surface area contributed by atoms with Crippen LogP contribution in [0.25, 0.3) is 22.2 Å². The summed E-state index contributed by atoms with van der Waals surface area (Å²) in [7, 11) is 0. The number of aromatic amines is 1. The van der Waals surface area contributed by atoms with Gasteiger partial charge in [-0.05, 0) is 30.7 Å².